The Balaban J connectivity index is 2.21. The number of nitriles is 1. The van der Waals surface area contributed by atoms with Crippen LogP contribution in [0.5, 0.6) is 0 Å². The molecule has 0 radical (unpaired) electrons. The van der Waals surface area contributed by atoms with Gasteiger partial charge in [0.1, 0.15) is 11.6 Å². The smallest absolute Gasteiger partial charge is 0.192 e. The first-order valence-corrected chi connectivity index (χ1v) is 6.84. The van der Waals surface area contributed by atoms with Gasteiger partial charge in [-0.1, -0.05) is 49.0 Å². The summed E-state index contributed by atoms with van der Waals surface area (Å²) in [6, 6.07) is 24.6. The van der Waals surface area contributed by atoms with Crippen molar-refractivity contribution in [2.75, 3.05) is 0 Å². The van der Waals surface area contributed by atoms with Gasteiger partial charge in [-0.3, -0.25) is 0 Å². The molecule has 2 aromatic carbocycles. The van der Waals surface area contributed by atoms with Gasteiger partial charge in [0.15, 0.2) is 6.54 Å². The molecule has 1 aromatic heterocycles. The van der Waals surface area contributed by atoms with E-state index in [1.165, 1.54) is 5.56 Å². The van der Waals surface area contributed by atoms with Gasteiger partial charge in [0.2, 0.25) is 11.2 Å². The third kappa shape index (κ3) is 2.54. The van der Waals surface area contributed by atoms with Gasteiger partial charge < -0.3 is 0 Å². The number of fused-ring (bicyclic) bond motifs is 1. The fourth-order valence-corrected chi connectivity index (χ4v) is 2.52. The number of para-hydroxylation sites is 1. The minimum absolute atomic E-state index is 0.483. The van der Waals surface area contributed by atoms with Gasteiger partial charge in [-0.2, -0.15) is 9.83 Å². The first kappa shape index (κ1) is 13.1. The molecular weight excluding hydrogens is 256 g/mol. The van der Waals surface area contributed by atoms with E-state index in [-0.39, 0.29) is 0 Å². The van der Waals surface area contributed by atoms with Gasteiger partial charge in [-0.15, -0.1) is 0 Å². The molecular formula is C19H15N2+. The van der Waals surface area contributed by atoms with Gasteiger partial charge in [-0.25, -0.2) is 0 Å². The summed E-state index contributed by atoms with van der Waals surface area (Å²) in [5.41, 5.74) is 3.65. The lowest BCUT2D eigenvalue weighted by molar-refractivity contribution is -0.664. The molecule has 2 nitrogen and oxygen atoms in total. The average molecular weight is 271 g/mol. The van der Waals surface area contributed by atoms with E-state index in [9.17, 15) is 5.26 Å². The van der Waals surface area contributed by atoms with E-state index in [1.807, 2.05) is 42.5 Å². The van der Waals surface area contributed by atoms with Gasteiger partial charge in [0, 0.05) is 23.1 Å². The van der Waals surface area contributed by atoms with Crippen LogP contribution in [0.2, 0.25) is 0 Å². The van der Waals surface area contributed by atoms with Crippen molar-refractivity contribution >= 4 is 16.5 Å². The molecule has 0 atom stereocenters. The molecule has 0 bridgehead atoms. The highest BCUT2D eigenvalue weighted by molar-refractivity contribution is 5.79. The maximum absolute atomic E-state index is 9.19. The van der Waals surface area contributed by atoms with Crippen molar-refractivity contribution in [3.63, 3.8) is 0 Å². The molecule has 0 fully saturated rings. The lowest BCUT2D eigenvalue weighted by Gasteiger charge is -2.06. The summed E-state index contributed by atoms with van der Waals surface area (Å²) in [6.07, 6.45) is 0. The SMILES string of the molecule is C=C(C#N)c1ccc2ccccc2[n+]1Cc1ccccc1. The predicted molar refractivity (Wildman–Crippen MR) is 84.3 cm³/mol. The molecule has 0 aliphatic rings. The number of rotatable bonds is 3. The zero-order valence-electron chi connectivity index (χ0n) is 11.7. The highest BCUT2D eigenvalue weighted by Gasteiger charge is 2.18. The number of aromatic nitrogens is 1. The van der Waals surface area contributed by atoms with Crippen molar-refractivity contribution in [3.8, 4) is 6.07 Å². The number of nitrogens with zero attached hydrogens (tertiary/aromatic N) is 2. The van der Waals surface area contributed by atoms with Crippen LogP contribution in [0.4, 0.5) is 0 Å². The Morgan fingerprint density at radius 1 is 0.952 bits per heavy atom. The van der Waals surface area contributed by atoms with Crippen molar-refractivity contribution in [2.24, 2.45) is 0 Å². The maximum atomic E-state index is 9.19. The monoisotopic (exact) mass is 271 g/mol. The molecule has 0 saturated carbocycles. The summed E-state index contributed by atoms with van der Waals surface area (Å²) in [7, 11) is 0. The number of pyridine rings is 1. The maximum Gasteiger partial charge on any atom is 0.223 e. The van der Waals surface area contributed by atoms with E-state index < -0.39 is 0 Å². The molecule has 0 spiro atoms. The zero-order chi connectivity index (χ0) is 14.7. The minimum Gasteiger partial charge on any atom is -0.192 e. The molecule has 0 unspecified atom stereocenters. The highest BCUT2D eigenvalue weighted by atomic mass is 15.0. The van der Waals surface area contributed by atoms with Crippen molar-refractivity contribution in [3.05, 3.63) is 84.6 Å². The Morgan fingerprint density at radius 3 is 2.43 bits per heavy atom. The number of hydrogen-bond donors (Lipinski definition) is 0. The van der Waals surface area contributed by atoms with E-state index in [1.54, 1.807) is 0 Å². The van der Waals surface area contributed by atoms with Crippen LogP contribution >= 0.6 is 0 Å². The Bertz CT molecular complexity index is 842. The molecule has 0 amide bonds. The second kappa shape index (κ2) is 5.60. The van der Waals surface area contributed by atoms with Gasteiger partial charge >= 0.3 is 0 Å². The average Bonchev–Trinajstić information content (AvgIpc) is 2.55. The van der Waals surface area contributed by atoms with Crippen molar-refractivity contribution in [1.29, 1.82) is 5.26 Å². The van der Waals surface area contributed by atoms with Gasteiger partial charge in [0.25, 0.3) is 0 Å². The molecule has 0 N–H and O–H groups in total. The molecule has 3 aromatic rings. The normalized spacial score (nSPS) is 10.2. The van der Waals surface area contributed by atoms with E-state index >= 15 is 0 Å². The van der Waals surface area contributed by atoms with Crippen LogP contribution in [0.15, 0.2) is 73.3 Å². The molecule has 2 heteroatoms. The number of allylic oxidation sites excluding steroid dienone is 1. The van der Waals surface area contributed by atoms with Gasteiger partial charge in [0.05, 0.1) is 0 Å². The second-order valence-electron chi connectivity index (χ2n) is 4.94. The summed E-state index contributed by atoms with van der Waals surface area (Å²) in [6.45, 7) is 4.59. The second-order valence-corrected chi connectivity index (χ2v) is 4.94. The number of hydrogen-bond acceptors (Lipinski definition) is 1. The molecule has 0 saturated heterocycles. The lowest BCUT2D eigenvalue weighted by atomic mass is 10.1. The minimum atomic E-state index is 0.483. The van der Waals surface area contributed by atoms with E-state index in [4.69, 9.17) is 0 Å². The topological polar surface area (TPSA) is 27.7 Å². The van der Waals surface area contributed by atoms with Crippen molar-refractivity contribution < 1.29 is 4.57 Å². The zero-order valence-corrected chi connectivity index (χ0v) is 11.7. The van der Waals surface area contributed by atoms with Crippen LogP contribution in [-0.4, -0.2) is 0 Å². The van der Waals surface area contributed by atoms with Crippen LogP contribution in [0, 0.1) is 11.3 Å². The quantitative estimate of drug-likeness (QED) is 0.527. The Labute approximate surface area is 124 Å². The predicted octanol–water partition coefficient (Wildman–Crippen LogP) is 3.71. The van der Waals surface area contributed by atoms with Crippen LogP contribution in [0.1, 0.15) is 11.3 Å². The van der Waals surface area contributed by atoms with Gasteiger partial charge in [-0.05, 0) is 12.1 Å². The summed E-state index contributed by atoms with van der Waals surface area (Å²) >= 11 is 0. The first-order valence-electron chi connectivity index (χ1n) is 6.84. The van der Waals surface area contributed by atoms with Crippen molar-refractivity contribution in [1.82, 2.24) is 0 Å². The first-order chi connectivity index (χ1) is 10.3. The van der Waals surface area contributed by atoms with E-state index in [0.717, 1.165) is 23.1 Å². The highest BCUT2D eigenvalue weighted by Crippen LogP contribution is 2.15. The summed E-state index contributed by atoms with van der Waals surface area (Å²) < 4.78 is 2.15. The standard InChI is InChI=1S/C19H15N2/c1-15(13-20)18-12-11-17-9-5-6-10-19(17)21(18)14-16-7-3-2-4-8-16/h2-12H,1,14H2/q+1. The van der Waals surface area contributed by atoms with Crippen molar-refractivity contribution in [2.45, 2.75) is 6.54 Å². The summed E-state index contributed by atoms with van der Waals surface area (Å²) in [5.74, 6) is 0. The summed E-state index contributed by atoms with van der Waals surface area (Å²) in [4.78, 5) is 0. The van der Waals surface area contributed by atoms with Crippen LogP contribution < -0.4 is 4.57 Å². The lowest BCUT2D eigenvalue weighted by Crippen LogP contribution is -2.39. The number of benzene rings is 2. The molecule has 100 valence electrons. The molecule has 3 rings (SSSR count). The Kier molecular flexibility index (Phi) is 3.49. The third-order valence-electron chi connectivity index (χ3n) is 3.57. The van der Waals surface area contributed by atoms with Crippen LogP contribution in [0.3, 0.4) is 0 Å². The van der Waals surface area contributed by atoms with E-state index in [2.05, 4.69) is 41.5 Å². The van der Waals surface area contributed by atoms with E-state index in [0.29, 0.717) is 5.57 Å². The molecule has 0 aliphatic carbocycles. The Hall–Kier alpha value is -2.92. The molecule has 0 aliphatic heterocycles. The van der Waals surface area contributed by atoms with Crippen LogP contribution in [-0.2, 0) is 6.54 Å². The molecule has 1 heterocycles. The summed E-state index contributed by atoms with van der Waals surface area (Å²) in [5, 5.41) is 10.3. The molecule has 21 heavy (non-hydrogen) atoms. The third-order valence-corrected chi connectivity index (χ3v) is 3.57. The Morgan fingerprint density at radius 2 is 1.67 bits per heavy atom. The fraction of sp³-hybridized carbons (Fsp3) is 0.0526. The van der Waals surface area contributed by atoms with Crippen LogP contribution in [0.25, 0.3) is 16.5 Å². The fourth-order valence-electron chi connectivity index (χ4n) is 2.52. The largest absolute Gasteiger partial charge is 0.223 e.